The number of ketones is 1. The summed E-state index contributed by atoms with van der Waals surface area (Å²) >= 11 is 0. The van der Waals surface area contributed by atoms with E-state index in [0.29, 0.717) is 46.2 Å². The van der Waals surface area contributed by atoms with Gasteiger partial charge in [-0.3, -0.25) is 19.2 Å². The summed E-state index contributed by atoms with van der Waals surface area (Å²) in [5.74, 6) is -1.09. The molecular weight excluding hydrogens is 542 g/mol. The topological polar surface area (TPSA) is 132 Å². The van der Waals surface area contributed by atoms with E-state index in [0.717, 1.165) is 6.42 Å². The Hall–Kier alpha value is -2.08. The Balaban J connectivity index is 4.81. The number of hydrogen-bond acceptors (Lipinski definition) is 8. The summed E-state index contributed by atoms with van der Waals surface area (Å²) in [4.78, 5) is 53.0. The maximum absolute atomic E-state index is 13.0. The Morgan fingerprint density at radius 2 is 1.24 bits per heavy atom. The number of methoxy groups -OCH3 is 1. The number of carbonyl (C=O) groups excluding carboxylic acids is 4. The van der Waals surface area contributed by atoms with Gasteiger partial charge in [-0.05, 0) is 24.7 Å². The first kappa shape index (κ1) is 39.9. The van der Waals surface area contributed by atoms with Crippen LogP contribution in [0, 0.1) is 16.7 Å². The van der Waals surface area contributed by atoms with Crippen LogP contribution in [0.3, 0.4) is 0 Å². The van der Waals surface area contributed by atoms with Crippen LogP contribution < -0.4 is 10.6 Å². The van der Waals surface area contributed by atoms with Gasteiger partial charge in [0.15, 0.2) is 5.78 Å². The van der Waals surface area contributed by atoms with E-state index in [1.165, 1.54) is 0 Å². The van der Waals surface area contributed by atoms with Crippen LogP contribution in [0.15, 0.2) is 0 Å². The second-order valence-electron chi connectivity index (χ2n) is 13.2. The lowest BCUT2D eigenvalue weighted by Gasteiger charge is -2.28. The molecule has 2 atom stereocenters. The molecule has 0 fully saturated rings. The number of ether oxygens (including phenoxy) is 4. The average Bonchev–Trinajstić information content (AvgIpc) is 2.88. The quantitative estimate of drug-likeness (QED) is 0.181. The van der Waals surface area contributed by atoms with E-state index in [9.17, 15) is 19.2 Å². The molecule has 0 rings (SSSR count). The molecule has 2 N–H and O–H groups in total. The van der Waals surface area contributed by atoms with Crippen LogP contribution in [0.25, 0.3) is 0 Å². The molecular formula is C31H59N3O8. The van der Waals surface area contributed by atoms with Gasteiger partial charge in [-0.15, -0.1) is 0 Å². The number of nitrogens with zero attached hydrogens (tertiary/aromatic N) is 1. The summed E-state index contributed by atoms with van der Waals surface area (Å²) in [5.41, 5.74) is -0.575. The van der Waals surface area contributed by atoms with Crippen molar-refractivity contribution < 1.29 is 38.1 Å². The highest BCUT2D eigenvalue weighted by Crippen LogP contribution is 2.19. The molecule has 11 heteroatoms. The molecule has 246 valence electrons. The summed E-state index contributed by atoms with van der Waals surface area (Å²) in [6.07, 6.45) is 1.03. The molecule has 3 amide bonds. The number of hydrogen-bond donors (Lipinski definition) is 2. The van der Waals surface area contributed by atoms with E-state index in [1.54, 1.807) is 39.7 Å². The molecule has 0 saturated carbocycles. The summed E-state index contributed by atoms with van der Waals surface area (Å²) in [6, 6.07) is -1.46. The monoisotopic (exact) mass is 601 g/mol. The molecule has 0 unspecified atom stereocenters. The molecule has 0 radical (unpaired) electrons. The number of nitrogens with one attached hydrogen (secondary N) is 2. The Bertz CT molecular complexity index is 805. The van der Waals surface area contributed by atoms with Crippen molar-refractivity contribution in [3.05, 3.63) is 0 Å². The predicted octanol–water partition coefficient (Wildman–Crippen LogP) is 2.99. The van der Waals surface area contributed by atoms with E-state index in [-0.39, 0.29) is 54.9 Å². The van der Waals surface area contributed by atoms with Crippen molar-refractivity contribution in [2.45, 2.75) is 93.7 Å². The van der Waals surface area contributed by atoms with Crippen LogP contribution in [0.1, 0.15) is 81.6 Å². The third kappa shape index (κ3) is 19.2. The number of Topliss-reactive ketones (excluding diaryl/α,β-unsaturated/α-hetero) is 1. The van der Waals surface area contributed by atoms with Gasteiger partial charge < -0.3 is 34.5 Å². The maximum atomic E-state index is 13.0. The fraction of sp³-hybridized carbons (Fsp3) is 0.871. The van der Waals surface area contributed by atoms with Gasteiger partial charge >= 0.3 is 0 Å². The first-order valence-electron chi connectivity index (χ1n) is 15.1. The lowest BCUT2D eigenvalue weighted by atomic mass is 9.87. The molecule has 42 heavy (non-hydrogen) atoms. The number of carbonyl (C=O) groups is 4. The highest BCUT2D eigenvalue weighted by atomic mass is 16.6. The van der Waals surface area contributed by atoms with Crippen LogP contribution >= 0.6 is 0 Å². The van der Waals surface area contributed by atoms with E-state index < -0.39 is 23.4 Å². The molecule has 0 aromatic rings. The zero-order valence-electron chi connectivity index (χ0n) is 27.9. The fourth-order valence-corrected chi connectivity index (χ4v) is 3.87. The standard InChI is InChI=1S/C31H59N3O8/c1-23(2)27(29(38)32-24(3)28(37)31(7,8)9)33-25(35)11-14-34(15-13-30(4,5)6)26(36)12-16-40-19-20-42-22-21-41-18-17-39-10/h23-24,27H,11-22H2,1-10H3,(H,32,38)(H,33,35)/t24-,27-/m0/s1. The molecule has 0 heterocycles. The van der Waals surface area contributed by atoms with Crippen molar-refractivity contribution in [2.75, 3.05) is 66.4 Å². The molecule has 0 aromatic heterocycles. The molecule has 11 nitrogen and oxygen atoms in total. The molecule has 0 spiro atoms. The normalized spacial score (nSPS) is 13.5. The summed E-state index contributed by atoms with van der Waals surface area (Å²) in [5, 5.41) is 5.55. The van der Waals surface area contributed by atoms with Crippen LogP contribution in [0.5, 0.6) is 0 Å². The van der Waals surface area contributed by atoms with Crippen molar-refractivity contribution in [2.24, 2.45) is 16.7 Å². The maximum Gasteiger partial charge on any atom is 0.243 e. The lowest BCUT2D eigenvalue weighted by Crippen LogP contribution is -2.54. The van der Waals surface area contributed by atoms with Crippen LogP contribution in [-0.4, -0.2) is 107 Å². The van der Waals surface area contributed by atoms with Crippen molar-refractivity contribution in [1.82, 2.24) is 15.5 Å². The summed E-state index contributed by atoms with van der Waals surface area (Å²) < 4.78 is 21.2. The minimum absolute atomic E-state index is 0.0178. The molecule has 0 aromatic carbocycles. The van der Waals surface area contributed by atoms with Gasteiger partial charge in [0.25, 0.3) is 0 Å². The molecule has 0 aliphatic heterocycles. The molecule has 0 aliphatic rings. The van der Waals surface area contributed by atoms with Crippen LogP contribution in [0.4, 0.5) is 0 Å². The van der Waals surface area contributed by atoms with Gasteiger partial charge in [0.05, 0.1) is 58.7 Å². The van der Waals surface area contributed by atoms with Gasteiger partial charge in [0.1, 0.15) is 6.04 Å². The van der Waals surface area contributed by atoms with Gasteiger partial charge in [-0.25, -0.2) is 0 Å². The van der Waals surface area contributed by atoms with E-state index in [1.807, 2.05) is 13.8 Å². The second kappa shape index (κ2) is 20.8. The van der Waals surface area contributed by atoms with Crippen LogP contribution in [-0.2, 0) is 38.1 Å². The van der Waals surface area contributed by atoms with Gasteiger partial charge in [0.2, 0.25) is 17.7 Å². The smallest absolute Gasteiger partial charge is 0.243 e. The third-order valence-electron chi connectivity index (χ3n) is 6.49. The van der Waals surface area contributed by atoms with Gasteiger partial charge in [-0.1, -0.05) is 55.4 Å². The fourth-order valence-electron chi connectivity index (χ4n) is 3.87. The van der Waals surface area contributed by atoms with E-state index >= 15 is 0 Å². The summed E-state index contributed by atoms with van der Waals surface area (Å²) in [6.45, 7) is 20.8. The largest absolute Gasteiger partial charge is 0.382 e. The predicted molar refractivity (Wildman–Crippen MR) is 163 cm³/mol. The van der Waals surface area contributed by atoms with Crippen LogP contribution in [0.2, 0.25) is 0 Å². The first-order chi connectivity index (χ1) is 19.5. The van der Waals surface area contributed by atoms with Crippen molar-refractivity contribution in [1.29, 1.82) is 0 Å². The Morgan fingerprint density at radius 3 is 1.71 bits per heavy atom. The minimum Gasteiger partial charge on any atom is -0.382 e. The van der Waals surface area contributed by atoms with Crippen molar-refractivity contribution >= 4 is 23.5 Å². The van der Waals surface area contributed by atoms with E-state index in [2.05, 4.69) is 31.4 Å². The Labute approximate surface area is 254 Å². The zero-order chi connectivity index (χ0) is 32.3. The SMILES string of the molecule is COCCOCCOCCOCCC(=O)N(CCC(=O)N[C@H](C(=O)N[C@@H](C)C(=O)C(C)(C)C)C(C)C)CCC(C)(C)C. The lowest BCUT2D eigenvalue weighted by molar-refractivity contribution is -0.135. The van der Waals surface area contributed by atoms with E-state index in [4.69, 9.17) is 18.9 Å². The highest BCUT2D eigenvalue weighted by molar-refractivity contribution is 5.94. The van der Waals surface area contributed by atoms with Gasteiger partial charge in [-0.2, -0.15) is 0 Å². The highest BCUT2D eigenvalue weighted by Gasteiger charge is 2.31. The van der Waals surface area contributed by atoms with Crippen molar-refractivity contribution in [3.8, 4) is 0 Å². The third-order valence-corrected chi connectivity index (χ3v) is 6.49. The summed E-state index contributed by atoms with van der Waals surface area (Å²) in [7, 11) is 1.62. The average molecular weight is 602 g/mol. The first-order valence-corrected chi connectivity index (χ1v) is 15.1. The molecule has 0 aliphatic carbocycles. The Morgan fingerprint density at radius 1 is 0.714 bits per heavy atom. The Kier molecular flexibility index (Phi) is 19.7. The number of rotatable bonds is 22. The molecule has 0 saturated heterocycles. The number of amides is 3. The zero-order valence-corrected chi connectivity index (χ0v) is 27.9. The van der Waals surface area contributed by atoms with Gasteiger partial charge in [0, 0.05) is 32.0 Å². The second-order valence-corrected chi connectivity index (χ2v) is 13.2. The minimum atomic E-state index is -0.793. The molecule has 0 bridgehead atoms. The van der Waals surface area contributed by atoms with Crippen molar-refractivity contribution in [3.63, 3.8) is 0 Å².